The summed E-state index contributed by atoms with van der Waals surface area (Å²) in [5.74, 6) is 0.0937. The number of likely N-dealkylation sites (tertiary alicyclic amines) is 1. The lowest BCUT2D eigenvalue weighted by molar-refractivity contribution is 0.0664. The molecule has 4 nitrogen and oxygen atoms in total. The summed E-state index contributed by atoms with van der Waals surface area (Å²) in [6.07, 6.45) is 0. The van der Waals surface area contributed by atoms with E-state index in [1.165, 1.54) is 11.3 Å². The summed E-state index contributed by atoms with van der Waals surface area (Å²) in [6.45, 7) is 2.32. The minimum absolute atomic E-state index is 0.0578. The van der Waals surface area contributed by atoms with Crippen LogP contribution in [0.4, 0.5) is 0 Å². The van der Waals surface area contributed by atoms with Crippen LogP contribution in [0.25, 0.3) is 0 Å². The van der Waals surface area contributed by atoms with Gasteiger partial charge in [0.1, 0.15) is 0 Å². The Labute approximate surface area is 98.8 Å². The highest BCUT2D eigenvalue weighted by Crippen LogP contribution is 2.21. The van der Waals surface area contributed by atoms with E-state index in [2.05, 4.69) is 0 Å². The van der Waals surface area contributed by atoms with Gasteiger partial charge in [-0.25, -0.2) is 8.42 Å². The van der Waals surface area contributed by atoms with Gasteiger partial charge >= 0.3 is 0 Å². The first-order chi connectivity index (χ1) is 7.54. The van der Waals surface area contributed by atoms with Crippen LogP contribution < -0.4 is 0 Å². The zero-order chi connectivity index (χ0) is 11.8. The number of thiophene rings is 1. The second kappa shape index (κ2) is 4.18. The van der Waals surface area contributed by atoms with Gasteiger partial charge in [-0.15, -0.1) is 11.3 Å². The molecule has 0 unspecified atom stereocenters. The van der Waals surface area contributed by atoms with E-state index < -0.39 is 9.84 Å². The first kappa shape index (κ1) is 11.6. The normalized spacial score (nSPS) is 17.2. The molecule has 1 aliphatic heterocycles. The zero-order valence-corrected chi connectivity index (χ0v) is 10.6. The summed E-state index contributed by atoms with van der Waals surface area (Å²) < 4.78 is 23.0. The van der Waals surface area contributed by atoms with Gasteiger partial charge in [0.25, 0.3) is 5.91 Å². The van der Waals surface area contributed by atoms with E-state index in [1.54, 1.807) is 17.9 Å². The van der Waals surface area contributed by atoms with Gasteiger partial charge < -0.3 is 4.90 Å². The van der Waals surface area contributed by atoms with E-state index in [4.69, 9.17) is 0 Å². The minimum Gasteiger partial charge on any atom is -0.335 e. The molecule has 0 aromatic carbocycles. The second-order valence-corrected chi connectivity index (χ2v) is 7.28. The number of sulfone groups is 1. The van der Waals surface area contributed by atoms with Crippen molar-refractivity contribution in [3.63, 3.8) is 0 Å². The molecule has 88 valence electrons. The van der Waals surface area contributed by atoms with Gasteiger partial charge in [0.15, 0.2) is 9.84 Å². The molecule has 0 bridgehead atoms. The Hall–Kier alpha value is -0.880. The van der Waals surface area contributed by atoms with Crippen molar-refractivity contribution < 1.29 is 13.2 Å². The van der Waals surface area contributed by atoms with Crippen molar-refractivity contribution in [2.75, 3.05) is 18.8 Å². The molecule has 16 heavy (non-hydrogen) atoms. The van der Waals surface area contributed by atoms with Gasteiger partial charge in [-0.05, 0) is 11.4 Å². The molecule has 1 amide bonds. The van der Waals surface area contributed by atoms with Gasteiger partial charge in [0.05, 0.1) is 10.1 Å². The summed E-state index contributed by atoms with van der Waals surface area (Å²) in [6, 6.07) is 3.58. The molecule has 0 atom stereocenters. The summed E-state index contributed by atoms with van der Waals surface area (Å²) >= 11 is 1.38. The first-order valence-electron chi connectivity index (χ1n) is 5.09. The highest BCUT2D eigenvalue weighted by molar-refractivity contribution is 7.92. The standard InChI is InChI=1S/C10H13NO3S2/c1-2-16(13,14)8-6-11(7-8)10(12)9-4-3-5-15-9/h3-5,8H,2,6-7H2,1H3. The van der Waals surface area contributed by atoms with Crippen LogP contribution in [0.3, 0.4) is 0 Å². The minimum atomic E-state index is -2.99. The molecule has 0 aliphatic carbocycles. The van der Waals surface area contributed by atoms with E-state index in [9.17, 15) is 13.2 Å². The van der Waals surface area contributed by atoms with E-state index in [0.29, 0.717) is 18.0 Å². The molecular weight excluding hydrogens is 246 g/mol. The van der Waals surface area contributed by atoms with Gasteiger partial charge in [0, 0.05) is 18.8 Å². The van der Waals surface area contributed by atoms with E-state index in [1.807, 2.05) is 11.4 Å². The maximum absolute atomic E-state index is 11.8. The summed E-state index contributed by atoms with van der Waals surface area (Å²) in [5.41, 5.74) is 0. The highest BCUT2D eigenvalue weighted by Gasteiger charge is 2.38. The average molecular weight is 259 g/mol. The number of rotatable bonds is 3. The van der Waals surface area contributed by atoms with Crippen molar-refractivity contribution in [1.82, 2.24) is 4.90 Å². The van der Waals surface area contributed by atoms with E-state index in [0.717, 1.165) is 0 Å². The van der Waals surface area contributed by atoms with Crippen molar-refractivity contribution >= 4 is 27.1 Å². The number of hydrogen-bond donors (Lipinski definition) is 0. The Morgan fingerprint density at radius 3 is 2.75 bits per heavy atom. The van der Waals surface area contributed by atoms with Gasteiger partial charge in [-0.3, -0.25) is 4.79 Å². The third-order valence-corrected chi connectivity index (χ3v) is 5.75. The molecule has 6 heteroatoms. The van der Waals surface area contributed by atoms with Gasteiger partial charge in [0.2, 0.25) is 0 Å². The van der Waals surface area contributed by atoms with Crippen LogP contribution in [0.1, 0.15) is 16.6 Å². The SMILES string of the molecule is CCS(=O)(=O)C1CN(C(=O)c2cccs2)C1. The molecule has 1 saturated heterocycles. The van der Waals surface area contributed by atoms with Crippen LogP contribution in [0, 0.1) is 0 Å². The van der Waals surface area contributed by atoms with Crippen LogP contribution in [-0.2, 0) is 9.84 Å². The molecule has 2 heterocycles. The number of carbonyl (C=O) groups is 1. The average Bonchev–Trinajstić information content (AvgIpc) is 2.67. The Morgan fingerprint density at radius 1 is 1.56 bits per heavy atom. The van der Waals surface area contributed by atoms with Crippen LogP contribution in [0.15, 0.2) is 17.5 Å². The predicted octanol–water partition coefficient (Wildman–Crippen LogP) is 1.01. The molecule has 1 aromatic rings. The van der Waals surface area contributed by atoms with Gasteiger partial charge in [-0.1, -0.05) is 13.0 Å². The molecule has 0 saturated carbocycles. The van der Waals surface area contributed by atoms with Crippen LogP contribution in [0.5, 0.6) is 0 Å². The second-order valence-electron chi connectivity index (χ2n) is 3.76. The van der Waals surface area contributed by atoms with Crippen molar-refractivity contribution in [1.29, 1.82) is 0 Å². The molecule has 1 fully saturated rings. The Kier molecular flexibility index (Phi) is 3.03. The number of amides is 1. The lowest BCUT2D eigenvalue weighted by Crippen LogP contribution is -2.57. The summed E-state index contributed by atoms with van der Waals surface area (Å²) in [4.78, 5) is 14.1. The van der Waals surface area contributed by atoms with E-state index >= 15 is 0 Å². The number of carbonyl (C=O) groups excluding carboxylic acids is 1. The summed E-state index contributed by atoms with van der Waals surface area (Å²) in [5, 5.41) is 1.48. The van der Waals surface area contributed by atoms with Crippen molar-refractivity contribution in [2.24, 2.45) is 0 Å². The summed E-state index contributed by atoms with van der Waals surface area (Å²) in [7, 11) is -2.99. The largest absolute Gasteiger partial charge is 0.335 e. The van der Waals surface area contributed by atoms with Crippen LogP contribution in [-0.4, -0.2) is 43.3 Å². The quantitative estimate of drug-likeness (QED) is 0.814. The third kappa shape index (κ3) is 1.99. The first-order valence-corrected chi connectivity index (χ1v) is 7.68. The fourth-order valence-corrected chi connectivity index (χ4v) is 3.60. The Balaban J connectivity index is 1.97. The molecule has 1 aliphatic rings. The van der Waals surface area contributed by atoms with E-state index in [-0.39, 0.29) is 16.9 Å². The fourth-order valence-electron chi connectivity index (χ4n) is 1.62. The molecule has 0 radical (unpaired) electrons. The Morgan fingerprint density at radius 2 is 2.25 bits per heavy atom. The molecule has 0 spiro atoms. The van der Waals surface area contributed by atoms with Crippen molar-refractivity contribution in [3.05, 3.63) is 22.4 Å². The maximum Gasteiger partial charge on any atom is 0.263 e. The maximum atomic E-state index is 11.8. The van der Waals surface area contributed by atoms with Crippen LogP contribution in [0.2, 0.25) is 0 Å². The highest BCUT2D eigenvalue weighted by atomic mass is 32.2. The smallest absolute Gasteiger partial charge is 0.263 e. The topological polar surface area (TPSA) is 54.5 Å². The lowest BCUT2D eigenvalue weighted by Gasteiger charge is -2.38. The fraction of sp³-hybridized carbons (Fsp3) is 0.500. The molecule has 0 N–H and O–H groups in total. The molecule has 1 aromatic heterocycles. The number of hydrogen-bond acceptors (Lipinski definition) is 4. The molecule has 2 rings (SSSR count). The lowest BCUT2D eigenvalue weighted by atomic mass is 10.2. The van der Waals surface area contributed by atoms with Crippen LogP contribution >= 0.6 is 11.3 Å². The zero-order valence-electron chi connectivity index (χ0n) is 8.92. The monoisotopic (exact) mass is 259 g/mol. The third-order valence-electron chi connectivity index (χ3n) is 2.78. The van der Waals surface area contributed by atoms with Crippen molar-refractivity contribution in [3.8, 4) is 0 Å². The van der Waals surface area contributed by atoms with Gasteiger partial charge in [-0.2, -0.15) is 0 Å². The molecular formula is C10H13NO3S2. The Bertz CT molecular complexity index is 472. The number of nitrogens with zero attached hydrogens (tertiary/aromatic N) is 1. The predicted molar refractivity (Wildman–Crippen MR) is 63.5 cm³/mol. The van der Waals surface area contributed by atoms with Crippen molar-refractivity contribution in [2.45, 2.75) is 12.2 Å².